The molecule has 2 N–H and O–H groups in total. The zero-order valence-corrected chi connectivity index (χ0v) is 16.4. The summed E-state index contributed by atoms with van der Waals surface area (Å²) in [5, 5.41) is 0. The van der Waals surface area contributed by atoms with E-state index < -0.39 is 5.41 Å². The van der Waals surface area contributed by atoms with Crippen LogP contribution in [0.2, 0.25) is 0 Å². The molecule has 0 fully saturated rings. The van der Waals surface area contributed by atoms with Crippen molar-refractivity contribution in [3.8, 4) is 0 Å². The summed E-state index contributed by atoms with van der Waals surface area (Å²) < 4.78 is 0. The van der Waals surface area contributed by atoms with Crippen molar-refractivity contribution < 1.29 is 4.79 Å². The maximum Gasteiger partial charge on any atom is 0.232 e. The number of hydrogen-bond donors (Lipinski definition) is 1. The van der Waals surface area contributed by atoms with Gasteiger partial charge < -0.3 is 15.5 Å². The lowest BCUT2D eigenvalue weighted by Crippen LogP contribution is -2.47. The second-order valence-corrected chi connectivity index (χ2v) is 7.61. The van der Waals surface area contributed by atoms with Gasteiger partial charge in [-0.15, -0.1) is 0 Å². The lowest BCUT2D eigenvalue weighted by molar-refractivity contribution is -0.122. The molecule has 0 radical (unpaired) electrons. The van der Waals surface area contributed by atoms with Crippen molar-refractivity contribution in [3.05, 3.63) is 84.2 Å². The van der Waals surface area contributed by atoms with E-state index in [-0.39, 0.29) is 5.91 Å². The molecule has 0 saturated heterocycles. The van der Waals surface area contributed by atoms with Crippen LogP contribution in [0.4, 0.5) is 0 Å². The Morgan fingerprint density at radius 1 is 1.00 bits per heavy atom. The van der Waals surface area contributed by atoms with Gasteiger partial charge in [0.25, 0.3) is 0 Å². The van der Waals surface area contributed by atoms with Crippen molar-refractivity contribution in [2.45, 2.75) is 31.8 Å². The fraction of sp³-hybridized carbons (Fsp3) is 0.348. The highest BCUT2D eigenvalue weighted by Gasteiger charge is 2.41. The Bertz CT molecular complexity index is 746. The SMILES string of the molecule is CC(C)C1N(C)C=CN1CCC(C(N)=O)(c1ccccc1)c1ccccc1. The molecule has 2 aromatic rings. The summed E-state index contributed by atoms with van der Waals surface area (Å²) in [4.78, 5) is 17.4. The summed E-state index contributed by atoms with van der Waals surface area (Å²) >= 11 is 0. The first-order chi connectivity index (χ1) is 13.0. The van der Waals surface area contributed by atoms with E-state index in [1.807, 2.05) is 60.7 Å². The first-order valence-electron chi connectivity index (χ1n) is 9.54. The number of carbonyl (C=O) groups excluding carboxylic acids is 1. The molecule has 1 atom stereocenters. The van der Waals surface area contributed by atoms with E-state index in [0.717, 1.165) is 17.7 Å². The molecular weight excluding hydrogens is 334 g/mol. The minimum absolute atomic E-state index is 0.294. The summed E-state index contributed by atoms with van der Waals surface area (Å²) in [5.41, 5.74) is 7.10. The normalized spacial score (nSPS) is 17.0. The van der Waals surface area contributed by atoms with Crippen LogP contribution in [-0.2, 0) is 10.2 Å². The highest BCUT2D eigenvalue weighted by Crippen LogP contribution is 2.36. The van der Waals surface area contributed by atoms with E-state index in [1.165, 1.54) is 0 Å². The lowest BCUT2D eigenvalue weighted by atomic mass is 9.71. The molecule has 0 bridgehead atoms. The summed E-state index contributed by atoms with van der Waals surface area (Å²) in [5.74, 6) is 0.166. The Labute approximate surface area is 162 Å². The van der Waals surface area contributed by atoms with Gasteiger partial charge >= 0.3 is 0 Å². The van der Waals surface area contributed by atoms with Gasteiger partial charge in [-0.25, -0.2) is 0 Å². The number of hydrogen-bond acceptors (Lipinski definition) is 3. The van der Waals surface area contributed by atoms with Crippen molar-refractivity contribution >= 4 is 5.91 Å². The number of primary amides is 1. The van der Waals surface area contributed by atoms with E-state index >= 15 is 0 Å². The predicted molar refractivity (Wildman–Crippen MR) is 110 cm³/mol. The molecule has 1 unspecified atom stereocenters. The molecule has 4 nitrogen and oxygen atoms in total. The van der Waals surface area contributed by atoms with Gasteiger partial charge in [0.15, 0.2) is 0 Å². The van der Waals surface area contributed by atoms with Gasteiger partial charge in [0.1, 0.15) is 11.6 Å². The van der Waals surface area contributed by atoms with Gasteiger partial charge in [-0.2, -0.15) is 0 Å². The Hall–Kier alpha value is -2.75. The van der Waals surface area contributed by atoms with Crippen LogP contribution in [0, 0.1) is 5.92 Å². The Morgan fingerprint density at radius 2 is 1.52 bits per heavy atom. The van der Waals surface area contributed by atoms with E-state index in [9.17, 15) is 4.79 Å². The van der Waals surface area contributed by atoms with Gasteiger partial charge in [0.05, 0.1) is 0 Å². The van der Waals surface area contributed by atoms with Crippen molar-refractivity contribution in [1.29, 1.82) is 0 Å². The van der Waals surface area contributed by atoms with Gasteiger partial charge in [-0.05, 0) is 23.5 Å². The molecule has 0 aromatic heterocycles. The number of carbonyl (C=O) groups is 1. The van der Waals surface area contributed by atoms with Crippen LogP contribution in [0.25, 0.3) is 0 Å². The van der Waals surface area contributed by atoms with Crippen LogP contribution in [0.3, 0.4) is 0 Å². The molecule has 0 spiro atoms. The highest BCUT2D eigenvalue weighted by molar-refractivity contribution is 5.90. The van der Waals surface area contributed by atoms with Gasteiger partial charge in [-0.3, -0.25) is 4.79 Å². The second kappa shape index (κ2) is 7.87. The van der Waals surface area contributed by atoms with Gasteiger partial charge in [0, 0.05) is 26.0 Å². The smallest absolute Gasteiger partial charge is 0.232 e. The third kappa shape index (κ3) is 3.57. The molecule has 3 rings (SSSR count). The molecule has 1 aliphatic heterocycles. The molecule has 27 heavy (non-hydrogen) atoms. The molecule has 0 saturated carbocycles. The fourth-order valence-corrected chi connectivity index (χ4v) is 4.27. The summed E-state index contributed by atoms with van der Waals surface area (Å²) in [7, 11) is 2.09. The van der Waals surface area contributed by atoms with Crippen molar-refractivity contribution in [2.24, 2.45) is 11.7 Å². The fourth-order valence-electron chi connectivity index (χ4n) is 4.27. The molecule has 142 valence electrons. The Morgan fingerprint density at radius 3 is 1.96 bits per heavy atom. The topological polar surface area (TPSA) is 49.6 Å². The second-order valence-electron chi connectivity index (χ2n) is 7.61. The minimum atomic E-state index is -0.848. The van der Waals surface area contributed by atoms with E-state index in [1.54, 1.807) is 0 Å². The zero-order chi connectivity index (χ0) is 19.4. The van der Waals surface area contributed by atoms with Crippen LogP contribution in [0.15, 0.2) is 73.1 Å². The molecule has 2 aromatic carbocycles. The average Bonchev–Trinajstić information content (AvgIpc) is 3.04. The molecule has 0 aliphatic carbocycles. The largest absolute Gasteiger partial charge is 0.369 e. The molecular formula is C23H29N3O. The van der Waals surface area contributed by atoms with Gasteiger partial charge in [-0.1, -0.05) is 74.5 Å². The molecule has 4 heteroatoms. The Balaban J connectivity index is 1.98. The van der Waals surface area contributed by atoms with Crippen LogP contribution in [0.5, 0.6) is 0 Å². The van der Waals surface area contributed by atoms with Crippen molar-refractivity contribution in [2.75, 3.05) is 13.6 Å². The first kappa shape index (κ1) is 19.0. The number of rotatable bonds is 7. The molecule has 1 amide bonds. The zero-order valence-electron chi connectivity index (χ0n) is 16.4. The summed E-state index contributed by atoms with van der Waals surface area (Å²) in [6.45, 7) is 5.18. The molecule has 1 aliphatic rings. The van der Waals surface area contributed by atoms with E-state index in [4.69, 9.17) is 5.73 Å². The third-order valence-electron chi connectivity index (χ3n) is 5.55. The third-order valence-corrected chi connectivity index (χ3v) is 5.55. The predicted octanol–water partition coefficient (Wildman–Crippen LogP) is 3.55. The summed E-state index contributed by atoms with van der Waals surface area (Å²) in [6.07, 6.45) is 5.13. The highest BCUT2D eigenvalue weighted by atomic mass is 16.1. The number of benzene rings is 2. The quantitative estimate of drug-likeness (QED) is 0.818. The van der Waals surface area contributed by atoms with Crippen LogP contribution < -0.4 is 5.73 Å². The average molecular weight is 364 g/mol. The summed E-state index contributed by atoms with van der Waals surface area (Å²) in [6, 6.07) is 19.8. The number of nitrogens with zero attached hydrogens (tertiary/aromatic N) is 2. The number of nitrogens with two attached hydrogens (primary N) is 1. The van der Waals surface area contributed by atoms with Crippen LogP contribution in [-0.4, -0.2) is 35.5 Å². The molecule has 1 heterocycles. The lowest BCUT2D eigenvalue weighted by Gasteiger charge is -2.37. The van der Waals surface area contributed by atoms with E-state index in [2.05, 4.69) is 43.1 Å². The maximum atomic E-state index is 12.9. The van der Waals surface area contributed by atoms with Crippen LogP contribution in [0.1, 0.15) is 31.4 Å². The monoisotopic (exact) mass is 363 g/mol. The Kier molecular flexibility index (Phi) is 5.54. The van der Waals surface area contributed by atoms with Crippen LogP contribution >= 0.6 is 0 Å². The maximum absolute atomic E-state index is 12.9. The minimum Gasteiger partial charge on any atom is -0.369 e. The first-order valence-corrected chi connectivity index (χ1v) is 9.54. The number of amides is 1. The van der Waals surface area contributed by atoms with E-state index in [0.29, 0.717) is 18.5 Å². The standard InChI is InChI=1S/C23H29N3O/c1-18(2)21-25(3)16-17-26(21)15-14-23(22(24)27,19-10-6-4-7-11-19)20-12-8-5-9-13-20/h4-13,16-18,21H,14-15H2,1-3H3,(H2,24,27). The van der Waals surface area contributed by atoms with Crippen molar-refractivity contribution in [3.63, 3.8) is 0 Å². The van der Waals surface area contributed by atoms with Gasteiger partial charge in [0.2, 0.25) is 5.91 Å². The van der Waals surface area contributed by atoms with Crippen molar-refractivity contribution in [1.82, 2.24) is 9.80 Å².